The lowest BCUT2D eigenvalue weighted by Crippen LogP contribution is -2.62. The minimum Gasteiger partial charge on any atom is -0.329 e. The number of rotatable bonds is 4. The van der Waals surface area contributed by atoms with Gasteiger partial charge in [-0.25, -0.2) is 0 Å². The summed E-state index contributed by atoms with van der Waals surface area (Å²) >= 11 is 0. The molecule has 2 rings (SSSR count). The molecule has 0 aromatic rings. The fourth-order valence-electron chi connectivity index (χ4n) is 4.15. The molecule has 0 saturated carbocycles. The quantitative estimate of drug-likeness (QED) is 0.859. The van der Waals surface area contributed by atoms with Crippen molar-refractivity contribution in [2.75, 3.05) is 39.3 Å². The van der Waals surface area contributed by atoms with Crippen LogP contribution in [0, 0.1) is 11.3 Å². The van der Waals surface area contributed by atoms with E-state index >= 15 is 0 Å². The molecule has 0 aliphatic carbocycles. The summed E-state index contributed by atoms with van der Waals surface area (Å²) in [7, 11) is 0. The van der Waals surface area contributed by atoms with Crippen molar-refractivity contribution < 1.29 is 0 Å². The molecule has 0 aromatic heterocycles. The van der Waals surface area contributed by atoms with Gasteiger partial charge in [-0.1, -0.05) is 27.7 Å². The molecule has 20 heavy (non-hydrogen) atoms. The van der Waals surface area contributed by atoms with Crippen molar-refractivity contribution in [3.05, 3.63) is 0 Å². The molecule has 0 aromatic carbocycles. The highest BCUT2D eigenvalue weighted by Gasteiger charge is 2.42. The summed E-state index contributed by atoms with van der Waals surface area (Å²) < 4.78 is 0. The fraction of sp³-hybridized carbons (Fsp3) is 1.00. The molecule has 2 aliphatic heterocycles. The van der Waals surface area contributed by atoms with Gasteiger partial charge in [0.1, 0.15) is 0 Å². The molecule has 0 atom stereocenters. The lowest BCUT2D eigenvalue weighted by Gasteiger charge is -2.53. The Morgan fingerprint density at radius 1 is 1.05 bits per heavy atom. The van der Waals surface area contributed by atoms with Gasteiger partial charge in [-0.3, -0.25) is 4.90 Å². The highest BCUT2D eigenvalue weighted by atomic mass is 15.3. The monoisotopic (exact) mass is 281 g/mol. The standard InChI is InChI=1S/C17H35N3/c1-15(2)12-19-10-7-17(13-18,8-11-19)20-9-5-6-16(3,4)14-20/h15H,5-14,18H2,1-4H3. The topological polar surface area (TPSA) is 32.5 Å². The average molecular weight is 281 g/mol. The van der Waals surface area contributed by atoms with Gasteiger partial charge in [0.05, 0.1) is 0 Å². The van der Waals surface area contributed by atoms with E-state index in [4.69, 9.17) is 5.73 Å². The molecule has 3 heteroatoms. The summed E-state index contributed by atoms with van der Waals surface area (Å²) in [6, 6.07) is 0. The van der Waals surface area contributed by atoms with E-state index in [0.717, 1.165) is 12.5 Å². The van der Waals surface area contributed by atoms with Gasteiger partial charge in [0.2, 0.25) is 0 Å². The lowest BCUT2D eigenvalue weighted by molar-refractivity contribution is -0.0211. The van der Waals surface area contributed by atoms with Gasteiger partial charge in [-0.05, 0) is 56.7 Å². The van der Waals surface area contributed by atoms with Gasteiger partial charge in [0.25, 0.3) is 0 Å². The van der Waals surface area contributed by atoms with Crippen LogP contribution in [0.15, 0.2) is 0 Å². The van der Waals surface area contributed by atoms with Crippen LogP contribution in [-0.4, -0.2) is 54.6 Å². The Morgan fingerprint density at radius 3 is 2.20 bits per heavy atom. The summed E-state index contributed by atoms with van der Waals surface area (Å²) in [5, 5.41) is 0. The van der Waals surface area contributed by atoms with Gasteiger partial charge in [0, 0.05) is 25.2 Å². The summed E-state index contributed by atoms with van der Waals surface area (Å²) in [5.41, 5.74) is 6.99. The van der Waals surface area contributed by atoms with Crippen molar-refractivity contribution >= 4 is 0 Å². The van der Waals surface area contributed by atoms with Crippen LogP contribution in [0.4, 0.5) is 0 Å². The van der Waals surface area contributed by atoms with Crippen LogP contribution in [0.1, 0.15) is 53.4 Å². The van der Waals surface area contributed by atoms with E-state index in [9.17, 15) is 0 Å². The largest absolute Gasteiger partial charge is 0.329 e. The molecular weight excluding hydrogens is 246 g/mol. The molecule has 0 bridgehead atoms. The maximum absolute atomic E-state index is 6.24. The first-order chi connectivity index (χ1) is 9.37. The second-order valence-corrected chi connectivity index (χ2v) is 8.31. The predicted molar refractivity (Wildman–Crippen MR) is 86.9 cm³/mol. The summed E-state index contributed by atoms with van der Waals surface area (Å²) in [6.07, 6.45) is 5.21. The molecule has 0 unspecified atom stereocenters. The number of hydrogen-bond acceptors (Lipinski definition) is 3. The smallest absolute Gasteiger partial charge is 0.0356 e. The number of nitrogens with two attached hydrogens (primary N) is 1. The van der Waals surface area contributed by atoms with E-state index in [1.54, 1.807) is 0 Å². The van der Waals surface area contributed by atoms with E-state index in [-0.39, 0.29) is 5.54 Å². The molecule has 2 saturated heterocycles. The van der Waals surface area contributed by atoms with Gasteiger partial charge < -0.3 is 10.6 Å². The number of nitrogens with zero attached hydrogens (tertiary/aromatic N) is 2. The second kappa shape index (κ2) is 6.33. The van der Waals surface area contributed by atoms with Gasteiger partial charge in [-0.15, -0.1) is 0 Å². The van der Waals surface area contributed by atoms with Gasteiger partial charge in [-0.2, -0.15) is 0 Å². The van der Waals surface area contributed by atoms with Crippen LogP contribution in [-0.2, 0) is 0 Å². The van der Waals surface area contributed by atoms with E-state index in [1.807, 2.05) is 0 Å². The van der Waals surface area contributed by atoms with Crippen molar-refractivity contribution in [3.8, 4) is 0 Å². The van der Waals surface area contributed by atoms with E-state index in [0.29, 0.717) is 5.41 Å². The van der Waals surface area contributed by atoms with Gasteiger partial charge >= 0.3 is 0 Å². The summed E-state index contributed by atoms with van der Waals surface area (Å²) in [4.78, 5) is 5.37. The summed E-state index contributed by atoms with van der Waals surface area (Å²) in [5.74, 6) is 0.772. The van der Waals surface area contributed by atoms with Crippen LogP contribution in [0.2, 0.25) is 0 Å². The molecule has 3 nitrogen and oxygen atoms in total. The number of piperidine rings is 2. The van der Waals surface area contributed by atoms with Crippen molar-refractivity contribution in [2.45, 2.75) is 58.9 Å². The molecule has 2 aliphatic rings. The van der Waals surface area contributed by atoms with Gasteiger partial charge in [0.15, 0.2) is 0 Å². The Bertz CT molecular complexity index is 303. The highest BCUT2D eigenvalue weighted by molar-refractivity contribution is 4.99. The molecule has 2 fully saturated rings. The van der Waals surface area contributed by atoms with E-state index in [1.165, 1.54) is 58.4 Å². The van der Waals surface area contributed by atoms with Crippen molar-refractivity contribution in [3.63, 3.8) is 0 Å². The maximum atomic E-state index is 6.24. The molecule has 0 amide bonds. The van der Waals surface area contributed by atoms with Crippen molar-refractivity contribution in [1.29, 1.82) is 0 Å². The van der Waals surface area contributed by atoms with Crippen LogP contribution in [0.5, 0.6) is 0 Å². The Hall–Kier alpha value is -0.120. The molecule has 118 valence electrons. The second-order valence-electron chi connectivity index (χ2n) is 8.31. The zero-order valence-electron chi connectivity index (χ0n) is 14.1. The molecular formula is C17H35N3. The molecule has 2 heterocycles. The van der Waals surface area contributed by atoms with Crippen LogP contribution >= 0.6 is 0 Å². The first kappa shape index (κ1) is 16.3. The van der Waals surface area contributed by atoms with Crippen molar-refractivity contribution in [2.24, 2.45) is 17.1 Å². The minimum absolute atomic E-state index is 0.283. The first-order valence-corrected chi connectivity index (χ1v) is 8.54. The first-order valence-electron chi connectivity index (χ1n) is 8.54. The molecule has 0 radical (unpaired) electrons. The predicted octanol–water partition coefficient (Wildman–Crippen LogP) is 2.56. The average Bonchev–Trinajstić information content (AvgIpc) is 2.38. The zero-order chi connectivity index (χ0) is 14.8. The molecule has 2 N–H and O–H groups in total. The van der Waals surface area contributed by atoms with Crippen LogP contribution in [0.3, 0.4) is 0 Å². The zero-order valence-corrected chi connectivity index (χ0v) is 14.1. The third-order valence-electron chi connectivity index (χ3n) is 5.36. The molecule has 0 spiro atoms. The normalized spacial score (nSPS) is 27.9. The third kappa shape index (κ3) is 3.75. The van der Waals surface area contributed by atoms with E-state index < -0.39 is 0 Å². The Balaban J connectivity index is 1.97. The maximum Gasteiger partial charge on any atom is 0.0356 e. The van der Waals surface area contributed by atoms with E-state index in [2.05, 4.69) is 37.5 Å². The number of likely N-dealkylation sites (tertiary alicyclic amines) is 2. The SMILES string of the molecule is CC(C)CN1CCC(CN)(N2CCCC(C)(C)C2)CC1. The fourth-order valence-corrected chi connectivity index (χ4v) is 4.15. The minimum atomic E-state index is 0.283. The lowest BCUT2D eigenvalue weighted by atomic mass is 9.78. The number of hydrogen-bond donors (Lipinski definition) is 1. The highest BCUT2D eigenvalue weighted by Crippen LogP contribution is 2.36. The van der Waals surface area contributed by atoms with Crippen molar-refractivity contribution in [1.82, 2.24) is 9.80 Å². The Labute approximate surface area is 125 Å². The van der Waals surface area contributed by atoms with Crippen LogP contribution < -0.4 is 5.73 Å². The Morgan fingerprint density at radius 2 is 1.70 bits per heavy atom. The van der Waals surface area contributed by atoms with Crippen LogP contribution in [0.25, 0.3) is 0 Å². The third-order valence-corrected chi connectivity index (χ3v) is 5.36. The summed E-state index contributed by atoms with van der Waals surface area (Å²) in [6.45, 7) is 16.5. The Kier molecular flexibility index (Phi) is 5.14.